The molecule has 0 aliphatic carbocycles. The average molecular weight is 362 g/mol. The van der Waals surface area contributed by atoms with E-state index in [0.717, 1.165) is 0 Å². The van der Waals surface area contributed by atoms with Gasteiger partial charge >= 0.3 is 5.97 Å². The van der Waals surface area contributed by atoms with Gasteiger partial charge in [-0.25, -0.2) is 0 Å². The Kier molecular flexibility index (Phi) is 9.93. The van der Waals surface area contributed by atoms with E-state index in [2.05, 4.69) is 10.6 Å². The van der Waals surface area contributed by atoms with Crippen molar-refractivity contribution in [1.29, 1.82) is 0 Å². The maximum absolute atomic E-state index is 11.9. The van der Waals surface area contributed by atoms with Crippen LogP contribution in [0.15, 0.2) is 0 Å². The first kappa shape index (κ1) is 22.4. The smallest absolute Gasteiger partial charge is 0.305 e. The molecule has 12 nitrogen and oxygen atoms in total. The summed E-state index contributed by atoms with van der Waals surface area (Å²) in [5.74, 6) is -4.12. The van der Waals surface area contributed by atoms with Gasteiger partial charge < -0.3 is 41.8 Å². The number of aliphatic carboxylic acids is 1. The Labute approximate surface area is 142 Å². The van der Waals surface area contributed by atoms with Crippen LogP contribution < -0.4 is 21.7 Å². The fraction of sp³-hybridized carbons (Fsp3) is 0.615. The number of carboxylic acid groups (broad SMARTS) is 1. The summed E-state index contributed by atoms with van der Waals surface area (Å²) in [4.78, 5) is 56.5. The van der Waals surface area contributed by atoms with E-state index in [4.69, 9.17) is 15.9 Å². The number of nitrogens with one attached hydrogen (secondary N) is 3. The van der Waals surface area contributed by atoms with E-state index in [9.17, 15) is 29.1 Å². The molecule has 0 aromatic carbocycles. The third-order valence-corrected chi connectivity index (χ3v) is 2.96. The van der Waals surface area contributed by atoms with Crippen LogP contribution in [0.4, 0.5) is 0 Å². The number of carbonyl (C=O) groups is 5. The van der Waals surface area contributed by atoms with Crippen molar-refractivity contribution >= 4 is 30.0 Å². The highest BCUT2D eigenvalue weighted by Crippen LogP contribution is 1.95. The summed E-state index contributed by atoms with van der Waals surface area (Å²) in [6, 6.07) is -4.03. The lowest BCUT2D eigenvalue weighted by atomic mass is 10.1. The Balaban J connectivity index is 4.71. The Morgan fingerprint density at radius 2 is 1.76 bits per heavy atom. The van der Waals surface area contributed by atoms with Crippen LogP contribution in [0, 0.1) is 0 Å². The zero-order valence-electron chi connectivity index (χ0n) is 13.5. The number of aliphatic hydroxyl groups excluding tert-OH is 2. The largest absolute Gasteiger partial charge is 0.481 e. The van der Waals surface area contributed by atoms with E-state index >= 15 is 0 Å². The predicted octanol–water partition coefficient (Wildman–Crippen LogP) is -4.55. The van der Waals surface area contributed by atoms with Gasteiger partial charge in [-0.2, -0.15) is 0 Å². The molecule has 0 rings (SSSR count). The summed E-state index contributed by atoms with van der Waals surface area (Å²) in [7, 11) is 0. The van der Waals surface area contributed by atoms with E-state index in [1.54, 1.807) is 0 Å². The van der Waals surface area contributed by atoms with Gasteiger partial charge in [-0.3, -0.25) is 19.2 Å². The van der Waals surface area contributed by atoms with Gasteiger partial charge in [0.2, 0.25) is 17.7 Å². The van der Waals surface area contributed by atoms with E-state index in [1.165, 1.54) is 6.92 Å². The van der Waals surface area contributed by atoms with E-state index in [0.29, 0.717) is 6.29 Å². The number of carbonyl (C=O) groups excluding carboxylic acids is 4. The van der Waals surface area contributed by atoms with Gasteiger partial charge in [0.05, 0.1) is 25.7 Å². The molecule has 0 saturated heterocycles. The van der Waals surface area contributed by atoms with Crippen LogP contribution in [-0.4, -0.2) is 82.7 Å². The first-order valence-corrected chi connectivity index (χ1v) is 7.21. The first-order valence-electron chi connectivity index (χ1n) is 7.21. The standard InChI is InChI=1S/C13H22N4O8/c1-6(20)9(5-19)16-10(21)3-15-13(25)8(2-11(22)23)17-12(24)7(14)4-18/h5-9,18,20H,2-4,14H2,1H3,(H,15,25)(H,16,21)(H,17,24)(H,22,23)/t6-,7+,8+,9-/m1/s1. The van der Waals surface area contributed by atoms with Gasteiger partial charge in [0.25, 0.3) is 0 Å². The predicted molar refractivity (Wildman–Crippen MR) is 81.9 cm³/mol. The Bertz CT molecular complexity index is 510. The normalized spacial score (nSPS) is 15.2. The van der Waals surface area contributed by atoms with Crippen molar-refractivity contribution in [3.8, 4) is 0 Å². The van der Waals surface area contributed by atoms with Crippen molar-refractivity contribution in [2.24, 2.45) is 5.73 Å². The second-order valence-electron chi connectivity index (χ2n) is 5.14. The fourth-order valence-corrected chi connectivity index (χ4v) is 1.54. The average Bonchev–Trinajstić information content (AvgIpc) is 2.55. The second kappa shape index (κ2) is 11.1. The molecule has 0 radical (unpaired) electrons. The number of hydrogen-bond donors (Lipinski definition) is 7. The highest BCUT2D eigenvalue weighted by molar-refractivity contribution is 5.94. The zero-order chi connectivity index (χ0) is 19.6. The van der Waals surface area contributed by atoms with Crippen LogP contribution >= 0.6 is 0 Å². The molecule has 0 heterocycles. The van der Waals surface area contributed by atoms with Crippen LogP contribution in [0.1, 0.15) is 13.3 Å². The van der Waals surface area contributed by atoms with Crippen molar-refractivity contribution in [3.05, 3.63) is 0 Å². The molecule has 12 heteroatoms. The molecule has 0 aliphatic rings. The lowest BCUT2D eigenvalue weighted by Gasteiger charge is -2.19. The van der Waals surface area contributed by atoms with Crippen LogP contribution in [0.2, 0.25) is 0 Å². The number of aliphatic hydroxyl groups is 2. The number of rotatable bonds is 11. The fourth-order valence-electron chi connectivity index (χ4n) is 1.54. The maximum Gasteiger partial charge on any atom is 0.305 e. The molecule has 0 fully saturated rings. The minimum Gasteiger partial charge on any atom is -0.481 e. The molecule has 0 bridgehead atoms. The molecular formula is C13H22N4O8. The molecule has 0 aliphatic heterocycles. The summed E-state index contributed by atoms with van der Waals surface area (Å²) in [6.45, 7) is -0.0449. The van der Waals surface area contributed by atoms with Crippen molar-refractivity contribution in [3.63, 3.8) is 0 Å². The highest BCUT2D eigenvalue weighted by atomic mass is 16.4. The van der Waals surface area contributed by atoms with Crippen molar-refractivity contribution < 1.29 is 39.3 Å². The zero-order valence-corrected chi connectivity index (χ0v) is 13.5. The summed E-state index contributed by atoms with van der Waals surface area (Å²) in [5.41, 5.74) is 5.25. The van der Waals surface area contributed by atoms with Gasteiger partial charge in [-0.15, -0.1) is 0 Å². The summed E-state index contributed by atoms with van der Waals surface area (Å²) < 4.78 is 0. The molecule has 0 aromatic rings. The van der Waals surface area contributed by atoms with Crippen LogP contribution in [0.3, 0.4) is 0 Å². The molecule has 0 spiro atoms. The molecule has 0 aromatic heterocycles. The minimum absolute atomic E-state index is 0.314. The van der Waals surface area contributed by atoms with Gasteiger partial charge in [-0.05, 0) is 6.92 Å². The second-order valence-corrected chi connectivity index (χ2v) is 5.14. The van der Waals surface area contributed by atoms with Crippen molar-refractivity contribution in [2.75, 3.05) is 13.2 Å². The lowest BCUT2D eigenvalue weighted by Crippen LogP contribution is -2.54. The quantitative estimate of drug-likeness (QED) is 0.176. The van der Waals surface area contributed by atoms with Gasteiger partial charge in [0, 0.05) is 0 Å². The summed E-state index contributed by atoms with van der Waals surface area (Å²) in [6.07, 6.45) is -1.60. The molecule has 8 N–H and O–H groups in total. The number of aldehydes is 1. The SMILES string of the molecule is C[C@@H](O)[C@@H](C=O)NC(=O)CNC(=O)[C@H](CC(=O)O)NC(=O)[C@@H](N)CO. The van der Waals surface area contributed by atoms with Crippen molar-refractivity contribution in [2.45, 2.75) is 37.6 Å². The van der Waals surface area contributed by atoms with E-state index in [-0.39, 0.29) is 0 Å². The summed E-state index contributed by atoms with van der Waals surface area (Å²) in [5, 5.41) is 33.0. The summed E-state index contributed by atoms with van der Waals surface area (Å²) >= 11 is 0. The topological polar surface area (TPSA) is 208 Å². The molecule has 0 unspecified atom stereocenters. The van der Waals surface area contributed by atoms with Crippen LogP contribution in [-0.2, 0) is 24.0 Å². The van der Waals surface area contributed by atoms with Crippen molar-refractivity contribution in [1.82, 2.24) is 16.0 Å². The molecule has 25 heavy (non-hydrogen) atoms. The van der Waals surface area contributed by atoms with Gasteiger partial charge in [0.15, 0.2) is 0 Å². The number of amides is 3. The maximum atomic E-state index is 11.9. The Morgan fingerprint density at radius 1 is 1.16 bits per heavy atom. The molecule has 142 valence electrons. The molecule has 0 saturated carbocycles. The number of hydrogen-bond acceptors (Lipinski definition) is 8. The van der Waals surface area contributed by atoms with Crippen LogP contribution in [0.25, 0.3) is 0 Å². The third kappa shape index (κ3) is 8.74. The monoisotopic (exact) mass is 362 g/mol. The Morgan fingerprint density at radius 3 is 2.20 bits per heavy atom. The van der Waals surface area contributed by atoms with E-state index < -0.39 is 67.5 Å². The highest BCUT2D eigenvalue weighted by Gasteiger charge is 2.26. The van der Waals surface area contributed by atoms with Gasteiger partial charge in [-0.1, -0.05) is 0 Å². The third-order valence-electron chi connectivity index (χ3n) is 2.96. The van der Waals surface area contributed by atoms with E-state index in [1.807, 2.05) is 5.32 Å². The first-order chi connectivity index (χ1) is 11.6. The molecule has 3 amide bonds. The number of nitrogens with two attached hydrogens (primary N) is 1. The molecular weight excluding hydrogens is 340 g/mol. The Hall–Kier alpha value is -2.57. The molecule has 4 atom stereocenters. The van der Waals surface area contributed by atoms with Gasteiger partial charge in [0.1, 0.15) is 24.4 Å². The van der Waals surface area contributed by atoms with Crippen LogP contribution in [0.5, 0.6) is 0 Å². The minimum atomic E-state index is -1.52. The lowest BCUT2D eigenvalue weighted by molar-refractivity contribution is -0.140. The number of carboxylic acids is 1.